The Morgan fingerprint density at radius 2 is 1.94 bits per heavy atom. The first-order chi connectivity index (χ1) is 7.30. The third-order valence-electron chi connectivity index (χ3n) is 1.73. The lowest BCUT2D eigenvalue weighted by atomic mass is 10.1. The topological polar surface area (TPSA) is 37.3 Å². The van der Waals surface area contributed by atoms with Crippen molar-refractivity contribution in [3.63, 3.8) is 0 Å². The predicted molar refractivity (Wildman–Crippen MR) is 48.1 cm³/mol. The van der Waals surface area contributed by atoms with E-state index in [0.29, 0.717) is 12.1 Å². The summed E-state index contributed by atoms with van der Waals surface area (Å²) >= 11 is 0. The van der Waals surface area contributed by atoms with Crippen LogP contribution in [0.3, 0.4) is 0 Å². The molecule has 16 heavy (non-hydrogen) atoms. The maximum absolute atomic E-state index is 12.6. The van der Waals surface area contributed by atoms with Gasteiger partial charge in [0.25, 0.3) is 0 Å². The number of carboxylic acids is 1. The SMILES string of the molecule is O=C(O)C=Cc1ccc(F)cc1C(F)(F)F. The fourth-order valence-electron chi connectivity index (χ4n) is 1.08. The van der Waals surface area contributed by atoms with Crippen LogP contribution in [0.2, 0.25) is 0 Å². The van der Waals surface area contributed by atoms with Crippen LogP contribution < -0.4 is 0 Å². The summed E-state index contributed by atoms with van der Waals surface area (Å²) in [4.78, 5) is 10.2. The molecule has 86 valence electrons. The smallest absolute Gasteiger partial charge is 0.417 e. The van der Waals surface area contributed by atoms with Crippen molar-refractivity contribution < 1.29 is 27.5 Å². The van der Waals surface area contributed by atoms with Crippen molar-refractivity contribution in [3.8, 4) is 0 Å². The minimum Gasteiger partial charge on any atom is -0.478 e. The van der Waals surface area contributed by atoms with Gasteiger partial charge in [-0.05, 0) is 23.8 Å². The Hall–Kier alpha value is -1.85. The highest BCUT2D eigenvalue weighted by molar-refractivity contribution is 5.85. The number of carbonyl (C=O) groups is 1. The van der Waals surface area contributed by atoms with Crippen molar-refractivity contribution in [1.29, 1.82) is 0 Å². The second kappa shape index (κ2) is 4.34. The summed E-state index contributed by atoms with van der Waals surface area (Å²) in [6.45, 7) is 0. The van der Waals surface area contributed by atoms with Gasteiger partial charge in [-0.15, -0.1) is 0 Å². The van der Waals surface area contributed by atoms with Gasteiger partial charge in [0.2, 0.25) is 0 Å². The molecular weight excluding hydrogens is 228 g/mol. The molecule has 0 aromatic heterocycles. The Labute approximate surface area is 87.8 Å². The first-order valence-corrected chi connectivity index (χ1v) is 4.08. The van der Waals surface area contributed by atoms with Crippen molar-refractivity contribution in [2.24, 2.45) is 0 Å². The highest BCUT2D eigenvalue weighted by Crippen LogP contribution is 2.33. The Bertz CT molecular complexity index is 435. The van der Waals surface area contributed by atoms with Crippen LogP contribution in [-0.2, 0) is 11.0 Å². The van der Waals surface area contributed by atoms with Crippen LogP contribution in [0.5, 0.6) is 0 Å². The van der Waals surface area contributed by atoms with Crippen LogP contribution in [0.1, 0.15) is 11.1 Å². The Morgan fingerprint density at radius 1 is 1.31 bits per heavy atom. The number of benzene rings is 1. The van der Waals surface area contributed by atoms with E-state index in [1.807, 2.05) is 0 Å². The van der Waals surface area contributed by atoms with Crippen LogP contribution in [0.4, 0.5) is 17.6 Å². The van der Waals surface area contributed by atoms with E-state index in [9.17, 15) is 22.4 Å². The fourth-order valence-corrected chi connectivity index (χ4v) is 1.08. The van der Waals surface area contributed by atoms with Gasteiger partial charge < -0.3 is 5.11 Å². The zero-order valence-electron chi connectivity index (χ0n) is 7.75. The third-order valence-corrected chi connectivity index (χ3v) is 1.73. The van der Waals surface area contributed by atoms with Gasteiger partial charge in [0, 0.05) is 6.08 Å². The standard InChI is InChI=1S/C10H6F4O2/c11-7-3-1-6(2-4-9(15)16)8(5-7)10(12,13)14/h1-5H,(H,15,16). The molecule has 1 aromatic carbocycles. The van der Waals surface area contributed by atoms with Gasteiger partial charge in [-0.25, -0.2) is 9.18 Å². The summed E-state index contributed by atoms with van der Waals surface area (Å²) in [6, 6.07) is 2.02. The van der Waals surface area contributed by atoms with Crippen LogP contribution in [0.15, 0.2) is 24.3 Å². The quantitative estimate of drug-likeness (QED) is 0.631. The summed E-state index contributed by atoms with van der Waals surface area (Å²) in [7, 11) is 0. The van der Waals surface area contributed by atoms with Crippen LogP contribution >= 0.6 is 0 Å². The zero-order chi connectivity index (χ0) is 12.3. The number of halogens is 4. The maximum Gasteiger partial charge on any atom is 0.417 e. The van der Waals surface area contributed by atoms with Gasteiger partial charge in [0.15, 0.2) is 0 Å². The van der Waals surface area contributed by atoms with Crippen molar-refractivity contribution in [1.82, 2.24) is 0 Å². The molecule has 0 spiro atoms. The van der Waals surface area contributed by atoms with E-state index in [2.05, 4.69) is 0 Å². The van der Waals surface area contributed by atoms with Crippen LogP contribution in [0.25, 0.3) is 6.08 Å². The molecular formula is C10H6F4O2. The number of alkyl halides is 3. The summed E-state index contributed by atoms with van der Waals surface area (Å²) in [5.41, 5.74) is -1.60. The zero-order valence-corrected chi connectivity index (χ0v) is 7.75. The van der Waals surface area contributed by atoms with E-state index >= 15 is 0 Å². The largest absolute Gasteiger partial charge is 0.478 e. The van der Waals surface area contributed by atoms with Gasteiger partial charge in [-0.2, -0.15) is 13.2 Å². The van der Waals surface area contributed by atoms with E-state index in [1.165, 1.54) is 0 Å². The van der Waals surface area contributed by atoms with E-state index in [1.54, 1.807) is 0 Å². The molecule has 0 bridgehead atoms. The molecule has 6 heteroatoms. The molecule has 0 radical (unpaired) electrons. The molecule has 2 nitrogen and oxygen atoms in total. The molecule has 1 aromatic rings. The molecule has 0 unspecified atom stereocenters. The molecule has 0 aliphatic heterocycles. The minimum absolute atomic E-state index is 0.321. The number of hydrogen-bond acceptors (Lipinski definition) is 1. The average molecular weight is 234 g/mol. The Kier molecular flexibility index (Phi) is 3.31. The first kappa shape index (κ1) is 12.2. The second-order valence-electron chi connectivity index (χ2n) is 2.90. The summed E-state index contributed by atoms with van der Waals surface area (Å²) in [5.74, 6) is -2.41. The van der Waals surface area contributed by atoms with Crippen LogP contribution in [0, 0.1) is 5.82 Å². The fraction of sp³-hybridized carbons (Fsp3) is 0.100. The van der Waals surface area contributed by atoms with Gasteiger partial charge in [-0.3, -0.25) is 0 Å². The predicted octanol–water partition coefficient (Wildman–Crippen LogP) is 2.94. The molecule has 0 atom stereocenters. The molecule has 0 saturated carbocycles. The van der Waals surface area contributed by atoms with Crippen LogP contribution in [-0.4, -0.2) is 11.1 Å². The molecule has 1 rings (SSSR count). The lowest BCUT2D eigenvalue weighted by Gasteiger charge is -2.09. The number of aliphatic carboxylic acids is 1. The number of hydrogen-bond donors (Lipinski definition) is 1. The lowest BCUT2D eigenvalue weighted by Crippen LogP contribution is -2.08. The average Bonchev–Trinajstić information content (AvgIpc) is 2.14. The first-order valence-electron chi connectivity index (χ1n) is 4.08. The van der Waals surface area contributed by atoms with Crippen molar-refractivity contribution in [2.75, 3.05) is 0 Å². The molecule has 1 N–H and O–H groups in total. The van der Waals surface area contributed by atoms with E-state index in [4.69, 9.17) is 5.11 Å². The van der Waals surface area contributed by atoms with Gasteiger partial charge >= 0.3 is 12.1 Å². The highest BCUT2D eigenvalue weighted by Gasteiger charge is 2.33. The van der Waals surface area contributed by atoms with Crippen molar-refractivity contribution in [2.45, 2.75) is 6.18 Å². The Balaban J connectivity index is 3.23. The lowest BCUT2D eigenvalue weighted by molar-refractivity contribution is -0.138. The van der Waals surface area contributed by atoms with Gasteiger partial charge in [0.05, 0.1) is 5.56 Å². The van der Waals surface area contributed by atoms with E-state index < -0.39 is 29.1 Å². The number of rotatable bonds is 2. The molecule has 0 heterocycles. The number of carboxylic acid groups (broad SMARTS) is 1. The monoisotopic (exact) mass is 234 g/mol. The second-order valence-corrected chi connectivity index (χ2v) is 2.90. The van der Waals surface area contributed by atoms with E-state index in [-0.39, 0.29) is 0 Å². The summed E-state index contributed by atoms with van der Waals surface area (Å²) in [5, 5.41) is 8.28. The maximum atomic E-state index is 12.6. The Morgan fingerprint density at radius 3 is 2.44 bits per heavy atom. The summed E-state index contributed by atoms with van der Waals surface area (Å²) < 4.78 is 49.9. The molecule has 0 aliphatic carbocycles. The highest BCUT2D eigenvalue weighted by atomic mass is 19.4. The van der Waals surface area contributed by atoms with Crippen molar-refractivity contribution in [3.05, 3.63) is 41.2 Å². The van der Waals surface area contributed by atoms with Crippen molar-refractivity contribution >= 4 is 12.0 Å². The van der Waals surface area contributed by atoms with E-state index in [0.717, 1.165) is 18.2 Å². The molecule has 0 amide bonds. The third kappa shape index (κ3) is 3.08. The summed E-state index contributed by atoms with van der Waals surface area (Å²) in [6.07, 6.45) is -3.40. The minimum atomic E-state index is -4.72. The molecule has 0 aliphatic rings. The molecule has 0 fully saturated rings. The van der Waals surface area contributed by atoms with Gasteiger partial charge in [-0.1, -0.05) is 6.07 Å². The molecule has 0 saturated heterocycles. The normalized spacial score (nSPS) is 12.0. The van der Waals surface area contributed by atoms with Gasteiger partial charge in [0.1, 0.15) is 5.82 Å².